The van der Waals surface area contributed by atoms with E-state index in [2.05, 4.69) is 21.2 Å². The Kier molecular flexibility index (Phi) is 7.50. The molecule has 1 fully saturated rings. The third-order valence-electron chi connectivity index (χ3n) is 5.04. The Hall–Kier alpha value is -2.38. The number of halogens is 2. The van der Waals surface area contributed by atoms with Gasteiger partial charge in [-0.3, -0.25) is 14.4 Å². The van der Waals surface area contributed by atoms with Gasteiger partial charge in [-0.25, -0.2) is 0 Å². The SMILES string of the molecule is CC(=O)NC(CC(=O)N1CCN(C(=O)c2ccc(Cl)cc2)CC1)c1ccc(Br)cc1. The van der Waals surface area contributed by atoms with E-state index in [0.717, 1.165) is 10.0 Å². The lowest BCUT2D eigenvalue weighted by atomic mass is 10.0. The molecule has 2 aromatic rings. The quantitative estimate of drug-likeness (QED) is 0.693. The van der Waals surface area contributed by atoms with Gasteiger partial charge in [0.15, 0.2) is 0 Å². The highest BCUT2D eigenvalue weighted by molar-refractivity contribution is 9.10. The van der Waals surface area contributed by atoms with E-state index in [-0.39, 0.29) is 24.1 Å². The number of nitrogens with zero attached hydrogens (tertiary/aromatic N) is 2. The van der Waals surface area contributed by atoms with Crippen molar-refractivity contribution in [1.82, 2.24) is 15.1 Å². The van der Waals surface area contributed by atoms with Crippen molar-refractivity contribution >= 4 is 45.3 Å². The molecule has 0 aliphatic carbocycles. The molecular weight excluding hydrogens is 470 g/mol. The molecule has 3 amide bonds. The molecule has 1 aliphatic rings. The molecule has 1 aliphatic heterocycles. The van der Waals surface area contributed by atoms with Gasteiger partial charge in [0.2, 0.25) is 11.8 Å². The molecule has 0 bridgehead atoms. The number of nitrogens with one attached hydrogen (secondary N) is 1. The lowest BCUT2D eigenvalue weighted by Crippen LogP contribution is -2.51. The molecule has 1 unspecified atom stereocenters. The lowest BCUT2D eigenvalue weighted by Gasteiger charge is -2.35. The number of piperazine rings is 1. The molecule has 1 atom stereocenters. The van der Waals surface area contributed by atoms with Crippen LogP contribution in [0.4, 0.5) is 0 Å². The van der Waals surface area contributed by atoms with Crippen LogP contribution in [0.5, 0.6) is 0 Å². The number of rotatable bonds is 5. The van der Waals surface area contributed by atoms with Gasteiger partial charge in [-0.05, 0) is 42.0 Å². The van der Waals surface area contributed by atoms with E-state index in [1.165, 1.54) is 6.92 Å². The van der Waals surface area contributed by atoms with E-state index in [4.69, 9.17) is 11.6 Å². The molecule has 0 radical (unpaired) electrons. The Morgan fingerprint density at radius 2 is 1.53 bits per heavy atom. The first-order valence-electron chi connectivity index (χ1n) is 9.68. The van der Waals surface area contributed by atoms with E-state index in [1.807, 2.05) is 24.3 Å². The van der Waals surface area contributed by atoms with Crippen LogP contribution in [0.3, 0.4) is 0 Å². The minimum atomic E-state index is -0.392. The van der Waals surface area contributed by atoms with E-state index in [0.29, 0.717) is 36.8 Å². The van der Waals surface area contributed by atoms with Gasteiger partial charge in [0.25, 0.3) is 5.91 Å². The minimum Gasteiger partial charge on any atom is -0.349 e. The summed E-state index contributed by atoms with van der Waals surface area (Å²) in [5.74, 6) is -0.297. The van der Waals surface area contributed by atoms with Crippen molar-refractivity contribution in [3.05, 3.63) is 69.2 Å². The first kappa shape index (κ1) is 22.3. The van der Waals surface area contributed by atoms with Gasteiger partial charge in [-0.1, -0.05) is 39.7 Å². The number of carbonyl (C=O) groups is 3. The summed E-state index contributed by atoms with van der Waals surface area (Å²) in [6.45, 7) is 3.31. The summed E-state index contributed by atoms with van der Waals surface area (Å²) in [6.07, 6.45) is 0.173. The maximum absolute atomic E-state index is 12.9. The van der Waals surface area contributed by atoms with Crippen LogP contribution in [0.15, 0.2) is 53.0 Å². The van der Waals surface area contributed by atoms with Crippen LogP contribution in [0.2, 0.25) is 5.02 Å². The summed E-state index contributed by atoms with van der Waals surface area (Å²) in [5, 5.41) is 3.45. The van der Waals surface area contributed by atoms with Gasteiger partial charge in [0.05, 0.1) is 12.5 Å². The third kappa shape index (κ3) is 5.83. The smallest absolute Gasteiger partial charge is 0.253 e. The number of carbonyl (C=O) groups excluding carboxylic acids is 3. The Labute approximate surface area is 189 Å². The van der Waals surface area contributed by atoms with Crippen molar-refractivity contribution in [1.29, 1.82) is 0 Å². The Morgan fingerprint density at radius 1 is 0.967 bits per heavy atom. The second-order valence-electron chi connectivity index (χ2n) is 7.19. The van der Waals surface area contributed by atoms with Crippen molar-refractivity contribution in [3.63, 3.8) is 0 Å². The second-order valence-corrected chi connectivity index (χ2v) is 8.54. The summed E-state index contributed by atoms with van der Waals surface area (Å²) >= 11 is 9.28. The molecule has 30 heavy (non-hydrogen) atoms. The van der Waals surface area contributed by atoms with Crippen LogP contribution in [-0.2, 0) is 9.59 Å². The molecule has 8 heteroatoms. The van der Waals surface area contributed by atoms with Crippen LogP contribution in [0.25, 0.3) is 0 Å². The number of amides is 3. The fourth-order valence-electron chi connectivity index (χ4n) is 3.43. The number of hydrogen-bond acceptors (Lipinski definition) is 3. The molecule has 0 spiro atoms. The molecule has 3 rings (SSSR count). The van der Waals surface area contributed by atoms with Gasteiger partial charge in [-0.15, -0.1) is 0 Å². The number of hydrogen-bond donors (Lipinski definition) is 1. The lowest BCUT2D eigenvalue weighted by molar-refractivity contribution is -0.133. The zero-order valence-electron chi connectivity index (χ0n) is 16.6. The van der Waals surface area contributed by atoms with Crippen LogP contribution >= 0.6 is 27.5 Å². The first-order valence-corrected chi connectivity index (χ1v) is 10.9. The second kappa shape index (κ2) is 10.1. The molecule has 6 nitrogen and oxygen atoms in total. The van der Waals surface area contributed by atoms with Crippen LogP contribution < -0.4 is 5.32 Å². The highest BCUT2D eigenvalue weighted by Crippen LogP contribution is 2.21. The first-order chi connectivity index (χ1) is 14.3. The largest absolute Gasteiger partial charge is 0.349 e. The molecule has 0 aromatic heterocycles. The molecule has 1 N–H and O–H groups in total. The van der Waals surface area contributed by atoms with Crippen molar-refractivity contribution in [3.8, 4) is 0 Å². The normalized spacial score (nSPS) is 14.9. The van der Waals surface area contributed by atoms with Gasteiger partial charge in [0.1, 0.15) is 0 Å². The van der Waals surface area contributed by atoms with Gasteiger partial charge >= 0.3 is 0 Å². The Bertz CT molecular complexity index is 910. The maximum atomic E-state index is 12.9. The average molecular weight is 493 g/mol. The van der Waals surface area contributed by atoms with Crippen molar-refractivity contribution in [2.75, 3.05) is 26.2 Å². The van der Waals surface area contributed by atoms with Gasteiger partial charge in [-0.2, -0.15) is 0 Å². The predicted molar refractivity (Wildman–Crippen MR) is 119 cm³/mol. The topological polar surface area (TPSA) is 69.7 Å². The Balaban J connectivity index is 1.59. The van der Waals surface area contributed by atoms with E-state index in [1.54, 1.807) is 34.1 Å². The molecule has 158 valence electrons. The van der Waals surface area contributed by atoms with Crippen LogP contribution in [-0.4, -0.2) is 53.7 Å². The zero-order valence-corrected chi connectivity index (χ0v) is 18.9. The minimum absolute atomic E-state index is 0.0461. The summed E-state index contributed by atoms with van der Waals surface area (Å²) in [4.78, 5) is 40.6. The van der Waals surface area contributed by atoms with Crippen molar-refractivity contribution < 1.29 is 14.4 Å². The highest BCUT2D eigenvalue weighted by Gasteiger charge is 2.27. The van der Waals surface area contributed by atoms with Crippen LogP contribution in [0, 0.1) is 0 Å². The zero-order chi connectivity index (χ0) is 21.7. The van der Waals surface area contributed by atoms with E-state index < -0.39 is 6.04 Å². The summed E-state index contributed by atoms with van der Waals surface area (Å²) < 4.78 is 0.931. The number of benzene rings is 2. The van der Waals surface area contributed by atoms with Crippen molar-refractivity contribution in [2.45, 2.75) is 19.4 Å². The van der Waals surface area contributed by atoms with Crippen LogP contribution in [0.1, 0.15) is 35.3 Å². The standard InChI is InChI=1S/C22H23BrClN3O3/c1-15(28)25-20(16-2-6-18(23)7-3-16)14-21(29)26-10-12-27(13-11-26)22(30)17-4-8-19(24)9-5-17/h2-9,20H,10-14H2,1H3,(H,25,28). The van der Waals surface area contributed by atoms with Gasteiger partial charge < -0.3 is 15.1 Å². The van der Waals surface area contributed by atoms with Crippen molar-refractivity contribution in [2.24, 2.45) is 0 Å². The molecule has 0 saturated carbocycles. The molecule has 1 heterocycles. The van der Waals surface area contributed by atoms with Gasteiger partial charge in [0, 0.05) is 48.2 Å². The fraction of sp³-hybridized carbons (Fsp3) is 0.318. The summed E-state index contributed by atoms with van der Waals surface area (Å²) in [5.41, 5.74) is 1.46. The van der Waals surface area contributed by atoms with E-state index in [9.17, 15) is 14.4 Å². The third-order valence-corrected chi connectivity index (χ3v) is 5.82. The fourth-order valence-corrected chi connectivity index (χ4v) is 3.82. The predicted octanol–water partition coefficient (Wildman–Crippen LogP) is 3.65. The average Bonchev–Trinajstić information content (AvgIpc) is 2.73. The monoisotopic (exact) mass is 491 g/mol. The highest BCUT2D eigenvalue weighted by atomic mass is 79.9. The molecular formula is C22H23BrClN3O3. The molecule has 1 saturated heterocycles. The van der Waals surface area contributed by atoms with E-state index >= 15 is 0 Å². The molecule has 2 aromatic carbocycles. The summed E-state index contributed by atoms with van der Waals surface area (Å²) in [6, 6.07) is 14.0. The summed E-state index contributed by atoms with van der Waals surface area (Å²) in [7, 11) is 0. The maximum Gasteiger partial charge on any atom is 0.253 e. The Morgan fingerprint density at radius 3 is 2.10 bits per heavy atom.